The van der Waals surface area contributed by atoms with Gasteiger partial charge >= 0.3 is 0 Å². The molecule has 2 unspecified atom stereocenters. The number of hydrogen-bond donors (Lipinski definition) is 2. The van der Waals surface area contributed by atoms with Gasteiger partial charge in [-0.25, -0.2) is 4.99 Å². The van der Waals surface area contributed by atoms with Gasteiger partial charge in [0, 0.05) is 21.9 Å². The zero-order valence-electron chi connectivity index (χ0n) is 31.5. The number of fused-ring (bicyclic) bond motifs is 10. The number of hydrogen-bond acceptors (Lipinski definition) is 3. The third kappa shape index (κ3) is 4.19. The lowest BCUT2D eigenvalue weighted by Gasteiger charge is -2.32. The van der Waals surface area contributed by atoms with Crippen LogP contribution in [0.3, 0.4) is 0 Å². The highest BCUT2D eigenvalue weighted by molar-refractivity contribution is 6.18. The van der Waals surface area contributed by atoms with Crippen LogP contribution in [0.2, 0.25) is 0 Å². The zero-order chi connectivity index (χ0) is 38.0. The van der Waals surface area contributed by atoms with Crippen LogP contribution in [0.1, 0.15) is 51.3 Å². The summed E-state index contributed by atoms with van der Waals surface area (Å²) in [5, 5.41) is 15.3. The molecule has 0 saturated carbocycles. The lowest BCUT2D eigenvalue weighted by Crippen LogP contribution is -2.44. The van der Waals surface area contributed by atoms with Crippen molar-refractivity contribution in [3.8, 4) is 16.8 Å². The molecule has 0 amide bonds. The van der Waals surface area contributed by atoms with E-state index >= 15 is 0 Å². The van der Waals surface area contributed by atoms with E-state index < -0.39 is 5.41 Å². The molecular weight excluding hydrogens is 705 g/mol. The van der Waals surface area contributed by atoms with E-state index in [1.807, 2.05) is 0 Å². The van der Waals surface area contributed by atoms with Crippen LogP contribution in [0.5, 0.6) is 0 Å². The first kappa shape index (κ1) is 31.9. The summed E-state index contributed by atoms with van der Waals surface area (Å²) in [7, 11) is 0. The Balaban J connectivity index is 1.03. The van der Waals surface area contributed by atoms with Gasteiger partial charge in [0.25, 0.3) is 0 Å². The van der Waals surface area contributed by atoms with Gasteiger partial charge in [-0.3, -0.25) is 5.32 Å². The first-order valence-electron chi connectivity index (χ1n) is 20.2. The van der Waals surface area contributed by atoms with Crippen LogP contribution in [-0.4, -0.2) is 10.4 Å². The molecule has 4 heteroatoms. The quantitative estimate of drug-likeness (QED) is 0.176. The van der Waals surface area contributed by atoms with Crippen LogP contribution in [0.25, 0.3) is 60.2 Å². The minimum atomic E-state index is -0.417. The van der Waals surface area contributed by atoms with Crippen molar-refractivity contribution in [2.75, 3.05) is 0 Å². The number of aromatic nitrogens is 1. The average molecular weight is 741 g/mol. The SMILES string of the molecule is c1ccc(C2N=C(c3ccc4c(c3)c3ccccc3n4-c3cccc4c3-c3ccccc3C43c4cccc5ccc6cccc3c6c45)NC(c3ccccc3)N2)cc1. The molecule has 0 radical (unpaired) electrons. The van der Waals surface area contributed by atoms with Crippen molar-refractivity contribution in [2.24, 2.45) is 4.99 Å². The Labute approximate surface area is 335 Å². The van der Waals surface area contributed by atoms with E-state index in [1.165, 1.54) is 88.0 Å². The van der Waals surface area contributed by atoms with Gasteiger partial charge in [0.05, 0.1) is 22.1 Å². The molecule has 2 N–H and O–H groups in total. The molecule has 0 bridgehead atoms. The number of aliphatic imine (C=N–C) groups is 1. The summed E-state index contributed by atoms with van der Waals surface area (Å²) in [5.41, 5.74) is 14.6. The van der Waals surface area contributed by atoms with E-state index in [0.29, 0.717) is 0 Å². The summed E-state index contributed by atoms with van der Waals surface area (Å²) in [6, 6.07) is 71.4. The van der Waals surface area contributed by atoms with E-state index in [-0.39, 0.29) is 12.3 Å². The number of amidine groups is 1. The van der Waals surface area contributed by atoms with E-state index in [2.05, 4.69) is 209 Å². The monoisotopic (exact) mass is 740 g/mol. The van der Waals surface area contributed by atoms with Gasteiger partial charge in [0.1, 0.15) is 18.2 Å². The van der Waals surface area contributed by atoms with Crippen LogP contribution in [-0.2, 0) is 5.41 Å². The maximum Gasteiger partial charge on any atom is 0.131 e. The predicted molar refractivity (Wildman–Crippen MR) is 238 cm³/mol. The van der Waals surface area contributed by atoms with Gasteiger partial charge in [-0.2, -0.15) is 0 Å². The molecule has 2 atom stereocenters. The fourth-order valence-corrected chi connectivity index (χ4v) is 10.7. The van der Waals surface area contributed by atoms with Crippen LogP contribution in [0, 0.1) is 0 Å². The Morgan fingerprint density at radius 3 is 1.88 bits per heavy atom. The molecule has 0 fully saturated rings. The van der Waals surface area contributed by atoms with Crippen molar-refractivity contribution in [1.29, 1.82) is 0 Å². The number of nitrogens with one attached hydrogen (secondary N) is 2. The van der Waals surface area contributed by atoms with Crippen LogP contribution < -0.4 is 10.6 Å². The number of rotatable bonds is 4. The summed E-state index contributed by atoms with van der Waals surface area (Å²) in [5.74, 6) is 0.876. The van der Waals surface area contributed by atoms with E-state index in [1.54, 1.807) is 0 Å². The fraction of sp³-hybridized carbons (Fsp3) is 0.0556. The van der Waals surface area contributed by atoms with Gasteiger partial charge in [-0.15, -0.1) is 0 Å². The van der Waals surface area contributed by atoms with Crippen molar-refractivity contribution in [1.82, 2.24) is 15.2 Å². The molecule has 9 aromatic carbocycles. The fourth-order valence-electron chi connectivity index (χ4n) is 10.7. The highest BCUT2D eigenvalue weighted by atomic mass is 15.3. The normalized spacial score (nSPS) is 17.3. The Hall–Kier alpha value is -7.27. The molecule has 1 aliphatic heterocycles. The first-order chi connectivity index (χ1) is 28.8. The number of para-hydroxylation sites is 1. The molecule has 4 nitrogen and oxygen atoms in total. The molecule has 272 valence electrons. The zero-order valence-corrected chi connectivity index (χ0v) is 31.5. The first-order valence-corrected chi connectivity index (χ1v) is 20.2. The highest BCUT2D eigenvalue weighted by Crippen LogP contribution is 2.63. The van der Waals surface area contributed by atoms with Crippen molar-refractivity contribution >= 4 is 49.2 Å². The van der Waals surface area contributed by atoms with Gasteiger partial charge in [0.2, 0.25) is 0 Å². The number of nitrogens with zero attached hydrogens (tertiary/aromatic N) is 2. The third-order valence-electron chi connectivity index (χ3n) is 13.0. The van der Waals surface area contributed by atoms with Crippen LogP contribution >= 0.6 is 0 Å². The minimum absolute atomic E-state index is 0.103. The highest BCUT2D eigenvalue weighted by Gasteiger charge is 2.51. The molecule has 2 aliphatic carbocycles. The second kappa shape index (κ2) is 11.9. The second-order valence-corrected chi connectivity index (χ2v) is 15.9. The molecule has 10 aromatic rings. The Kier molecular flexibility index (Phi) is 6.53. The molecule has 1 aromatic heterocycles. The number of benzene rings is 9. The topological polar surface area (TPSA) is 41.4 Å². The Morgan fingerprint density at radius 1 is 0.483 bits per heavy atom. The summed E-state index contributed by atoms with van der Waals surface area (Å²) >= 11 is 0. The maximum absolute atomic E-state index is 5.30. The smallest absolute Gasteiger partial charge is 0.131 e. The maximum atomic E-state index is 5.30. The molecule has 2 heterocycles. The van der Waals surface area contributed by atoms with Crippen molar-refractivity contribution in [2.45, 2.75) is 17.7 Å². The molecule has 58 heavy (non-hydrogen) atoms. The predicted octanol–water partition coefficient (Wildman–Crippen LogP) is 12.1. The summed E-state index contributed by atoms with van der Waals surface area (Å²) in [4.78, 5) is 5.30. The molecule has 0 saturated heterocycles. The summed E-state index contributed by atoms with van der Waals surface area (Å²) in [6.45, 7) is 0. The summed E-state index contributed by atoms with van der Waals surface area (Å²) in [6.07, 6.45) is -0.300. The van der Waals surface area contributed by atoms with Crippen molar-refractivity contribution in [3.63, 3.8) is 0 Å². The van der Waals surface area contributed by atoms with Gasteiger partial charge < -0.3 is 9.88 Å². The second-order valence-electron chi connectivity index (χ2n) is 15.9. The van der Waals surface area contributed by atoms with E-state index in [9.17, 15) is 0 Å². The molecular formula is C54H36N4. The average Bonchev–Trinajstić information content (AvgIpc) is 3.91. The lowest BCUT2D eigenvalue weighted by atomic mass is 9.70. The van der Waals surface area contributed by atoms with E-state index in [4.69, 9.17) is 4.99 Å². The van der Waals surface area contributed by atoms with Gasteiger partial charge in [0.15, 0.2) is 0 Å². The van der Waals surface area contributed by atoms with Crippen molar-refractivity contribution < 1.29 is 0 Å². The standard InChI is InChI=1S/C54H36N4/c1-3-14-35(15-4-1)51-55-52(36-16-5-2-6-17-36)57-53(56-51)37-30-31-46-40(32-37)38-20-8-10-26-45(38)58(46)47-27-13-25-44-50(47)39-21-7-9-22-41(39)54(44)42-23-11-18-33-28-29-34-19-12-24-43(54)49(34)48(33)42/h1-32,51-52,55H,(H,56,57). The van der Waals surface area contributed by atoms with Crippen LogP contribution in [0.4, 0.5) is 0 Å². The Bertz CT molecular complexity index is 3300. The largest absolute Gasteiger partial charge is 0.350 e. The van der Waals surface area contributed by atoms with E-state index in [0.717, 1.165) is 17.0 Å². The molecule has 13 rings (SSSR count). The van der Waals surface area contributed by atoms with Crippen LogP contribution in [0.15, 0.2) is 199 Å². The molecule has 1 spiro atoms. The summed E-state index contributed by atoms with van der Waals surface area (Å²) < 4.78 is 2.50. The Morgan fingerprint density at radius 2 is 1.10 bits per heavy atom. The molecule has 3 aliphatic rings. The van der Waals surface area contributed by atoms with Gasteiger partial charge in [-0.05, 0) is 90.8 Å². The third-order valence-corrected chi connectivity index (χ3v) is 13.0. The van der Waals surface area contributed by atoms with Gasteiger partial charge in [-0.1, -0.05) is 164 Å². The van der Waals surface area contributed by atoms with Crippen molar-refractivity contribution in [3.05, 3.63) is 233 Å². The minimum Gasteiger partial charge on any atom is -0.350 e. The lowest BCUT2D eigenvalue weighted by molar-refractivity contribution is 0.409.